The number of rotatable bonds is 5. The van der Waals surface area contributed by atoms with E-state index in [-0.39, 0.29) is 23.1 Å². The molecule has 1 rings (SSSR count). The summed E-state index contributed by atoms with van der Waals surface area (Å²) < 4.78 is 4.73. The molecule has 17 heavy (non-hydrogen) atoms. The van der Waals surface area contributed by atoms with E-state index < -0.39 is 5.97 Å². The lowest BCUT2D eigenvalue weighted by Gasteiger charge is -2.08. The Hall–Kier alpha value is -1.69. The summed E-state index contributed by atoms with van der Waals surface area (Å²) >= 11 is 5.77. The topological polar surface area (TPSA) is 81.2 Å². The molecule has 0 aliphatic rings. The third-order valence-electron chi connectivity index (χ3n) is 1.83. The molecule has 92 valence electrons. The van der Waals surface area contributed by atoms with Crippen LogP contribution in [0.3, 0.4) is 0 Å². The molecule has 0 amide bonds. The largest absolute Gasteiger partial charge is 0.465 e. The first kappa shape index (κ1) is 13.4. The lowest BCUT2D eigenvalue weighted by molar-refractivity contribution is -0.140. The molecule has 1 aromatic heterocycles. The van der Waals surface area contributed by atoms with Gasteiger partial charge in [-0.15, -0.1) is 0 Å². The van der Waals surface area contributed by atoms with Gasteiger partial charge in [-0.3, -0.25) is 9.59 Å². The van der Waals surface area contributed by atoms with Gasteiger partial charge in [0.15, 0.2) is 6.29 Å². The summed E-state index contributed by atoms with van der Waals surface area (Å²) in [6.45, 7) is 3.56. The van der Waals surface area contributed by atoms with Crippen LogP contribution in [0.1, 0.15) is 23.1 Å². The first-order valence-corrected chi connectivity index (χ1v) is 5.35. The van der Waals surface area contributed by atoms with E-state index in [2.05, 4.69) is 15.3 Å². The van der Waals surface area contributed by atoms with Crippen LogP contribution in [0.2, 0.25) is 5.15 Å². The van der Waals surface area contributed by atoms with Crippen molar-refractivity contribution in [1.29, 1.82) is 0 Å². The fourth-order valence-electron chi connectivity index (χ4n) is 1.15. The minimum Gasteiger partial charge on any atom is -0.465 e. The Balaban J connectivity index is 2.83. The van der Waals surface area contributed by atoms with Crippen molar-refractivity contribution in [2.24, 2.45) is 0 Å². The van der Waals surface area contributed by atoms with Crippen LogP contribution in [0.15, 0.2) is 0 Å². The normalized spacial score (nSPS) is 9.82. The summed E-state index contributed by atoms with van der Waals surface area (Å²) in [5, 5.41) is 2.74. The van der Waals surface area contributed by atoms with Gasteiger partial charge in [0.2, 0.25) is 0 Å². The predicted molar refractivity (Wildman–Crippen MR) is 62.3 cm³/mol. The number of nitrogens with zero attached hydrogens (tertiary/aromatic N) is 2. The Morgan fingerprint density at radius 2 is 2.24 bits per heavy atom. The summed E-state index contributed by atoms with van der Waals surface area (Å²) in [6.07, 6.45) is 0.537. The van der Waals surface area contributed by atoms with Crippen LogP contribution in [0.4, 0.5) is 5.82 Å². The van der Waals surface area contributed by atoms with E-state index in [4.69, 9.17) is 16.3 Å². The number of aryl methyl sites for hydroxylation is 1. The monoisotopic (exact) mass is 257 g/mol. The average molecular weight is 258 g/mol. The molecule has 7 heteroatoms. The number of nitrogens with one attached hydrogen (secondary N) is 1. The lowest BCUT2D eigenvalue weighted by atomic mass is 10.3. The zero-order valence-corrected chi connectivity index (χ0v) is 10.2. The van der Waals surface area contributed by atoms with Gasteiger partial charge in [-0.1, -0.05) is 11.6 Å². The Labute approximate surface area is 103 Å². The first-order chi connectivity index (χ1) is 8.08. The van der Waals surface area contributed by atoms with E-state index in [1.807, 2.05) is 0 Å². The second kappa shape index (κ2) is 6.15. The Kier molecular flexibility index (Phi) is 4.84. The van der Waals surface area contributed by atoms with Crippen molar-refractivity contribution in [2.45, 2.75) is 13.8 Å². The summed E-state index contributed by atoms with van der Waals surface area (Å²) in [5.74, 6) is 0.203. The van der Waals surface area contributed by atoms with Gasteiger partial charge in [-0.2, -0.15) is 0 Å². The van der Waals surface area contributed by atoms with Crippen LogP contribution in [0, 0.1) is 6.92 Å². The highest BCUT2D eigenvalue weighted by atomic mass is 35.5. The average Bonchev–Trinajstić information content (AvgIpc) is 2.26. The minimum atomic E-state index is -0.434. The zero-order chi connectivity index (χ0) is 12.8. The number of aromatic nitrogens is 2. The van der Waals surface area contributed by atoms with Crippen LogP contribution in [-0.2, 0) is 9.53 Å². The van der Waals surface area contributed by atoms with Gasteiger partial charge in [-0.05, 0) is 13.8 Å². The smallest absolute Gasteiger partial charge is 0.325 e. The van der Waals surface area contributed by atoms with Gasteiger partial charge in [-0.25, -0.2) is 9.97 Å². The maximum absolute atomic E-state index is 11.1. The second-order valence-electron chi connectivity index (χ2n) is 3.10. The van der Waals surface area contributed by atoms with E-state index in [1.54, 1.807) is 13.8 Å². The molecular formula is C10H12ClN3O3. The maximum Gasteiger partial charge on any atom is 0.325 e. The quantitative estimate of drug-likeness (QED) is 0.485. The van der Waals surface area contributed by atoms with E-state index >= 15 is 0 Å². The van der Waals surface area contributed by atoms with Crippen LogP contribution in [-0.4, -0.2) is 35.4 Å². The van der Waals surface area contributed by atoms with E-state index in [1.165, 1.54) is 0 Å². The molecule has 6 nitrogen and oxygen atoms in total. The zero-order valence-electron chi connectivity index (χ0n) is 9.49. The molecule has 1 heterocycles. The second-order valence-corrected chi connectivity index (χ2v) is 3.46. The van der Waals surface area contributed by atoms with Crippen molar-refractivity contribution < 1.29 is 14.3 Å². The molecule has 0 atom stereocenters. The number of carbonyl (C=O) groups excluding carboxylic acids is 2. The van der Waals surface area contributed by atoms with Gasteiger partial charge < -0.3 is 10.1 Å². The molecule has 0 aromatic carbocycles. The maximum atomic E-state index is 11.1. The van der Waals surface area contributed by atoms with Gasteiger partial charge in [0.1, 0.15) is 23.3 Å². The third-order valence-corrected chi connectivity index (χ3v) is 2.12. The molecule has 0 bridgehead atoms. The van der Waals surface area contributed by atoms with Crippen molar-refractivity contribution in [3.63, 3.8) is 0 Å². The number of hydrogen-bond donors (Lipinski definition) is 1. The molecule has 0 saturated heterocycles. The van der Waals surface area contributed by atoms with Crippen LogP contribution >= 0.6 is 11.6 Å². The van der Waals surface area contributed by atoms with E-state index in [9.17, 15) is 9.59 Å². The SMILES string of the molecule is CCOC(=O)CNc1nc(C)nc(Cl)c1C=O. The number of anilines is 1. The highest BCUT2D eigenvalue weighted by molar-refractivity contribution is 6.32. The highest BCUT2D eigenvalue weighted by Gasteiger charge is 2.12. The molecule has 0 unspecified atom stereocenters. The summed E-state index contributed by atoms with van der Waals surface area (Å²) in [7, 11) is 0. The molecule has 0 aliphatic heterocycles. The Morgan fingerprint density at radius 1 is 1.53 bits per heavy atom. The van der Waals surface area contributed by atoms with E-state index in [0.29, 0.717) is 18.7 Å². The number of hydrogen-bond acceptors (Lipinski definition) is 6. The van der Waals surface area contributed by atoms with Crippen molar-refractivity contribution >= 4 is 29.7 Å². The van der Waals surface area contributed by atoms with Gasteiger partial charge in [0.25, 0.3) is 0 Å². The highest BCUT2D eigenvalue weighted by Crippen LogP contribution is 2.18. The fourth-order valence-corrected chi connectivity index (χ4v) is 1.41. The van der Waals surface area contributed by atoms with Crippen LogP contribution in [0.25, 0.3) is 0 Å². The number of esters is 1. The van der Waals surface area contributed by atoms with Gasteiger partial charge in [0, 0.05) is 0 Å². The Morgan fingerprint density at radius 3 is 2.82 bits per heavy atom. The Bertz CT molecular complexity index is 437. The first-order valence-electron chi connectivity index (χ1n) is 4.97. The fraction of sp³-hybridized carbons (Fsp3) is 0.400. The van der Waals surface area contributed by atoms with Gasteiger partial charge >= 0.3 is 5.97 Å². The third kappa shape index (κ3) is 3.67. The number of carbonyl (C=O) groups is 2. The van der Waals surface area contributed by atoms with Crippen molar-refractivity contribution in [3.05, 3.63) is 16.5 Å². The van der Waals surface area contributed by atoms with Crippen LogP contribution < -0.4 is 5.32 Å². The number of halogens is 1. The van der Waals surface area contributed by atoms with Crippen molar-refractivity contribution in [2.75, 3.05) is 18.5 Å². The predicted octanol–water partition coefficient (Wildman–Crippen LogP) is 1.23. The van der Waals surface area contributed by atoms with E-state index in [0.717, 1.165) is 0 Å². The molecular weight excluding hydrogens is 246 g/mol. The molecule has 0 fully saturated rings. The molecule has 0 saturated carbocycles. The minimum absolute atomic E-state index is 0.0545. The van der Waals surface area contributed by atoms with Crippen LogP contribution in [0.5, 0.6) is 0 Å². The van der Waals surface area contributed by atoms with Crippen molar-refractivity contribution in [3.8, 4) is 0 Å². The lowest BCUT2D eigenvalue weighted by Crippen LogP contribution is -2.18. The summed E-state index contributed by atoms with van der Waals surface area (Å²) in [5.41, 5.74) is 0.126. The number of aldehydes is 1. The molecule has 1 aromatic rings. The summed E-state index contributed by atoms with van der Waals surface area (Å²) in [4.78, 5) is 29.8. The number of ether oxygens (including phenoxy) is 1. The molecule has 0 spiro atoms. The van der Waals surface area contributed by atoms with Crippen molar-refractivity contribution in [1.82, 2.24) is 9.97 Å². The molecule has 0 radical (unpaired) electrons. The standard InChI is InChI=1S/C10H12ClN3O3/c1-3-17-8(16)4-12-10-7(5-15)9(11)13-6(2)14-10/h5H,3-4H2,1-2H3,(H,12,13,14). The molecule has 0 aliphatic carbocycles. The molecule has 1 N–H and O–H groups in total. The summed E-state index contributed by atoms with van der Waals surface area (Å²) in [6, 6.07) is 0. The van der Waals surface area contributed by atoms with Gasteiger partial charge in [0.05, 0.1) is 12.2 Å².